The quantitative estimate of drug-likeness (QED) is 0.301. The zero-order valence-electron chi connectivity index (χ0n) is 17.0. The molecule has 0 atom stereocenters. The predicted octanol–water partition coefficient (Wildman–Crippen LogP) is 7.98. The van der Waals surface area contributed by atoms with Gasteiger partial charge in [-0.15, -0.1) is 0 Å². The Labute approximate surface area is 157 Å². The highest BCUT2D eigenvalue weighted by Gasteiger charge is 2.03. The highest BCUT2D eigenvalue weighted by atomic mass is 16.3. The van der Waals surface area contributed by atoms with E-state index < -0.39 is 0 Å². The van der Waals surface area contributed by atoms with E-state index >= 15 is 0 Å². The van der Waals surface area contributed by atoms with E-state index in [0.717, 1.165) is 18.4 Å². The first kappa shape index (κ1) is 22.1. The van der Waals surface area contributed by atoms with Gasteiger partial charge in [-0.25, -0.2) is 0 Å². The molecule has 0 aliphatic carbocycles. The fourth-order valence-electron chi connectivity index (χ4n) is 3.55. The number of benzene rings is 1. The van der Waals surface area contributed by atoms with Crippen LogP contribution in [0.25, 0.3) is 0 Å². The van der Waals surface area contributed by atoms with E-state index in [0.29, 0.717) is 5.75 Å². The van der Waals surface area contributed by atoms with Crippen LogP contribution in [-0.2, 0) is 12.8 Å². The van der Waals surface area contributed by atoms with E-state index in [1.54, 1.807) is 0 Å². The molecule has 0 spiro atoms. The smallest absolute Gasteiger partial charge is 0.118 e. The minimum atomic E-state index is 0.495. The van der Waals surface area contributed by atoms with E-state index in [-0.39, 0.29) is 0 Å². The molecule has 0 aliphatic rings. The number of unbranched alkanes of at least 4 members (excludes halogenated alkanes) is 12. The molecule has 0 saturated heterocycles. The van der Waals surface area contributed by atoms with Crippen molar-refractivity contribution in [3.05, 3.63) is 29.3 Å². The van der Waals surface area contributed by atoms with Crippen LogP contribution in [-0.4, -0.2) is 5.11 Å². The van der Waals surface area contributed by atoms with Crippen molar-refractivity contribution in [3.8, 4) is 5.75 Å². The van der Waals surface area contributed by atoms with Crippen LogP contribution in [0.4, 0.5) is 0 Å². The Balaban J connectivity index is 2.18. The van der Waals surface area contributed by atoms with Crippen molar-refractivity contribution in [2.75, 3.05) is 0 Å². The summed E-state index contributed by atoms with van der Waals surface area (Å²) in [6, 6.07) is 6.27. The molecule has 1 nitrogen and oxygen atoms in total. The molecule has 0 bridgehead atoms. The molecule has 0 amide bonds. The first-order chi connectivity index (χ1) is 12.3. The average molecular weight is 347 g/mol. The number of rotatable bonds is 16. The Bertz CT molecular complexity index is 424. The van der Waals surface area contributed by atoms with Crippen molar-refractivity contribution < 1.29 is 5.11 Å². The maximum Gasteiger partial charge on any atom is 0.118 e. The summed E-state index contributed by atoms with van der Waals surface area (Å²) in [6.45, 7) is 4.54. The lowest BCUT2D eigenvalue weighted by molar-refractivity contribution is 0.465. The van der Waals surface area contributed by atoms with Crippen LogP contribution in [0.3, 0.4) is 0 Å². The predicted molar refractivity (Wildman–Crippen MR) is 112 cm³/mol. The molecule has 0 unspecified atom stereocenters. The summed E-state index contributed by atoms with van der Waals surface area (Å²) in [5.74, 6) is 0.495. The minimum absolute atomic E-state index is 0.495. The van der Waals surface area contributed by atoms with E-state index in [1.165, 1.54) is 95.5 Å². The van der Waals surface area contributed by atoms with Gasteiger partial charge < -0.3 is 5.11 Å². The molecule has 0 radical (unpaired) electrons. The zero-order chi connectivity index (χ0) is 18.2. The molecule has 0 fully saturated rings. The zero-order valence-corrected chi connectivity index (χ0v) is 17.0. The summed E-state index contributed by atoms with van der Waals surface area (Å²) in [7, 11) is 0. The van der Waals surface area contributed by atoms with Gasteiger partial charge in [-0.2, -0.15) is 0 Å². The Morgan fingerprint density at radius 2 is 1.08 bits per heavy atom. The molecule has 0 aliphatic heterocycles. The molecule has 1 aromatic rings. The number of aromatic hydroxyl groups is 1. The summed E-state index contributed by atoms with van der Waals surface area (Å²) >= 11 is 0. The highest BCUT2D eigenvalue weighted by molar-refractivity contribution is 5.36. The first-order valence-corrected chi connectivity index (χ1v) is 11.1. The molecule has 0 heterocycles. The SMILES string of the molecule is CCCCCCCCCCc1cc(CCCCCCCC)ccc1O. The van der Waals surface area contributed by atoms with Crippen LogP contribution >= 0.6 is 0 Å². The van der Waals surface area contributed by atoms with Crippen molar-refractivity contribution in [2.24, 2.45) is 0 Å². The summed E-state index contributed by atoms with van der Waals surface area (Å²) in [6.07, 6.45) is 21.0. The number of phenols is 1. The van der Waals surface area contributed by atoms with Crippen LogP contribution in [0.5, 0.6) is 5.75 Å². The third-order valence-corrected chi connectivity index (χ3v) is 5.26. The van der Waals surface area contributed by atoms with Gasteiger partial charge in [0.15, 0.2) is 0 Å². The molecule has 144 valence electrons. The Morgan fingerprint density at radius 1 is 0.600 bits per heavy atom. The molecule has 1 rings (SSSR count). The van der Waals surface area contributed by atoms with E-state index in [9.17, 15) is 5.11 Å². The maximum absolute atomic E-state index is 10.1. The molecule has 1 N–H and O–H groups in total. The highest BCUT2D eigenvalue weighted by Crippen LogP contribution is 2.22. The Kier molecular flexibility index (Phi) is 13.5. The third-order valence-electron chi connectivity index (χ3n) is 5.26. The van der Waals surface area contributed by atoms with Crippen LogP contribution < -0.4 is 0 Å². The normalized spacial score (nSPS) is 11.1. The molecule has 25 heavy (non-hydrogen) atoms. The van der Waals surface area contributed by atoms with Crippen molar-refractivity contribution >= 4 is 0 Å². The molecule has 1 heteroatoms. The average Bonchev–Trinajstić information content (AvgIpc) is 2.62. The molecular weight excluding hydrogens is 304 g/mol. The lowest BCUT2D eigenvalue weighted by atomic mass is 9.99. The Hall–Kier alpha value is -0.980. The first-order valence-electron chi connectivity index (χ1n) is 11.1. The number of hydrogen-bond acceptors (Lipinski definition) is 1. The summed E-state index contributed by atoms with van der Waals surface area (Å²) in [5, 5.41) is 10.1. The van der Waals surface area contributed by atoms with E-state index in [2.05, 4.69) is 26.0 Å². The van der Waals surface area contributed by atoms with Crippen molar-refractivity contribution in [1.29, 1.82) is 0 Å². The van der Waals surface area contributed by atoms with E-state index in [4.69, 9.17) is 0 Å². The van der Waals surface area contributed by atoms with Gasteiger partial charge in [0.2, 0.25) is 0 Å². The summed E-state index contributed by atoms with van der Waals surface area (Å²) < 4.78 is 0. The summed E-state index contributed by atoms with van der Waals surface area (Å²) in [5.41, 5.74) is 2.57. The van der Waals surface area contributed by atoms with Gasteiger partial charge in [0.25, 0.3) is 0 Å². The van der Waals surface area contributed by atoms with Crippen molar-refractivity contribution in [3.63, 3.8) is 0 Å². The second kappa shape index (κ2) is 15.3. The van der Waals surface area contributed by atoms with Crippen molar-refractivity contribution in [1.82, 2.24) is 0 Å². The number of hydrogen-bond donors (Lipinski definition) is 1. The van der Waals surface area contributed by atoms with Gasteiger partial charge in [-0.3, -0.25) is 0 Å². The molecular formula is C24H42O. The second-order valence-corrected chi connectivity index (χ2v) is 7.71. The van der Waals surface area contributed by atoms with E-state index in [1.807, 2.05) is 6.07 Å². The van der Waals surface area contributed by atoms with Gasteiger partial charge in [0, 0.05) is 0 Å². The number of phenolic OH excluding ortho intramolecular Hbond substituents is 1. The fraction of sp³-hybridized carbons (Fsp3) is 0.750. The van der Waals surface area contributed by atoms with Gasteiger partial charge in [0.05, 0.1) is 0 Å². The minimum Gasteiger partial charge on any atom is -0.508 e. The lowest BCUT2D eigenvalue weighted by Gasteiger charge is -2.08. The van der Waals surface area contributed by atoms with Gasteiger partial charge >= 0.3 is 0 Å². The van der Waals surface area contributed by atoms with Crippen LogP contribution in [0, 0.1) is 0 Å². The largest absolute Gasteiger partial charge is 0.508 e. The summed E-state index contributed by atoms with van der Waals surface area (Å²) in [4.78, 5) is 0. The second-order valence-electron chi connectivity index (χ2n) is 7.71. The van der Waals surface area contributed by atoms with Crippen LogP contribution in [0.1, 0.15) is 115 Å². The molecule has 0 aromatic heterocycles. The maximum atomic E-state index is 10.1. The monoisotopic (exact) mass is 346 g/mol. The third kappa shape index (κ3) is 11.3. The number of aryl methyl sites for hydroxylation is 2. The topological polar surface area (TPSA) is 20.2 Å². The van der Waals surface area contributed by atoms with Gasteiger partial charge in [0.1, 0.15) is 5.75 Å². The van der Waals surface area contributed by atoms with Gasteiger partial charge in [-0.1, -0.05) is 103 Å². The molecule has 1 aromatic carbocycles. The standard InChI is InChI=1S/C24H42O/c1-3-5-7-9-11-12-14-16-18-23-21-22(19-20-24(23)25)17-15-13-10-8-6-4-2/h19-21,25H,3-18H2,1-2H3. The van der Waals surface area contributed by atoms with Crippen LogP contribution in [0.2, 0.25) is 0 Å². The van der Waals surface area contributed by atoms with Gasteiger partial charge in [-0.05, 0) is 42.9 Å². The molecule has 0 saturated carbocycles. The lowest BCUT2D eigenvalue weighted by Crippen LogP contribution is -1.92. The van der Waals surface area contributed by atoms with Crippen molar-refractivity contribution in [2.45, 2.75) is 117 Å². The fourth-order valence-corrected chi connectivity index (χ4v) is 3.55. The Morgan fingerprint density at radius 3 is 1.64 bits per heavy atom. The van der Waals surface area contributed by atoms with Crippen LogP contribution in [0.15, 0.2) is 18.2 Å².